The van der Waals surface area contributed by atoms with E-state index in [4.69, 9.17) is 5.11 Å². The zero-order chi connectivity index (χ0) is 20.6. The second-order valence-electron chi connectivity index (χ2n) is 4.58. The minimum atomic E-state index is -7.40. The van der Waals surface area contributed by atoms with Crippen molar-refractivity contribution in [3.8, 4) is 0 Å². The summed E-state index contributed by atoms with van der Waals surface area (Å²) in [5.41, 5.74) is -1.13. The van der Waals surface area contributed by atoms with Crippen LogP contribution in [0.5, 0.6) is 0 Å². The van der Waals surface area contributed by atoms with Gasteiger partial charge in [-0.15, -0.1) is 0 Å². The molecule has 0 heterocycles. The summed E-state index contributed by atoms with van der Waals surface area (Å²) in [6.07, 6.45) is -7.86. The fourth-order valence-electron chi connectivity index (χ4n) is 1.34. The van der Waals surface area contributed by atoms with Gasteiger partial charge >= 0.3 is 29.2 Å². The molecule has 1 atom stereocenters. The van der Waals surface area contributed by atoms with E-state index in [1.807, 2.05) is 0 Å². The third-order valence-corrected chi connectivity index (χ3v) is 4.38. The van der Waals surface area contributed by atoms with Gasteiger partial charge in [0.05, 0.1) is 6.04 Å². The van der Waals surface area contributed by atoms with Crippen LogP contribution in [-0.2, 0) is 14.8 Å². The maximum Gasteiger partial charge on any atom is 0.460 e. The highest BCUT2D eigenvalue weighted by atomic mass is 32.2. The zero-order valence-corrected chi connectivity index (χ0v) is 12.8. The molecule has 0 bridgehead atoms. The summed E-state index contributed by atoms with van der Waals surface area (Å²) in [7, 11) is -6.89. The van der Waals surface area contributed by atoms with Gasteiger partial charge in [0.15, 0.2) is 0 Å². The molecule has 0 amide bonds. The molecule has 5 nitrogen and oxygen atoms in total. The van der Waals surface area contributed by atoms with Gasteiger partial charge in [0.2, 0.25) is 0 Å². The van der Waals surface area contributed by atoms with Gasteiger partial charge in [0, 0.05) is 5.57 Å². The molecule has 0 aliphatic carbocycles. The summed E-state index contributed by atoms with van der Waals surface area (Å²) in [5.74, 6) is -16.7. The molecular formula is C10H10F9NO4S. The standard InChI is InChI=1S/C10H10F9NO4S/c1-3-5(4(2)6(21)22)20-25(23,24)10(18,19)8(13,14)7(11,12)9(15,16)17/h5,20H,2-3H2,1H3,(H,21,22). The van der Waals surface area contributed by atoms with Crippen LogP contribution < -0.4 is 4.72 Å². The van der Waals surface area contributed by atoms with Gasteiger partial charge in [-0.2, -0.15) is 39.5 Å². The lowest BCUT2D eigenvalue weighted by Crippen LogP contribution is -2.65. The summed E-state index contributed by atoms with van der Waals surface area (Å²) < 4.78 is 137. The Hall–Kier alpha value is -1.51. The third kappa shape index (κ3) is 3.86. The van der Waals surface area contributed by atoms with E-state index in [-0.39, 0.29) is 0 Å². The molecule has 0 aliphatic rings. The number of sulfonamides is 1. The Bertz CT molecular complexity index is 641. The van der Waals surface area contributed by atoms with Crippen molar-refractivity contribution in [2.24, 2.45) is 0 Å². The minimum Gasteiger partial charge on any atom is -0.478 e. The number of rotatable bonds is 8. The highest BCUT2D eigenvalue weighted by molar-refractivity contribution is 7.90. The van der Waals surface area contributed by atoms with E-state index in [9.17, 15) is 52.7 Å². The molecule has 0 fully saturated rings. The van der Waals surface area contributed by atoms with Crippen molar-refractivity contribution in [1.82, 2.24) is 4.72 Å². The summed E-state index contributed by atoms with van der Waals surface area (Å²) >= 11 is 0. The number of halogens is 9. The highest BCUT2D eigenvalue weighted by Gasteiger charge is 2.85. The molecular weight excluding hydrogens is 401 g/mol. The first-order valence-corrected chi connectivity index (χ1v) is 7.40. The van der Waals surface area contributed by atoms with Crippen molar-refractivity contribution < 1.29 is 57.8 Å². The average Bonchev–Trinajstić information content (AvgIpc) is 2.41. The monoisotopic (exact) mass is 411 g/mol. The number of aliphatic carboxylic acids is 1. The molecule has 0 aliphatic heterocycles. The average molecular weight is 411 g/mol. The molecule has 25 heavy (non-hydrogen) atoms. The molecule has 0 spiro atoms. The van der Waals surface area contributed by atoms with E-state index in [0.29, 0.717) is 4.72 Å². The van der Waals surface area contributed by atoms with Gasteiger partial charge in [-0.1, -0.05) is 13.5 Å². The maximum atomic E-state index is 13.4. The normalized spacial score (nSPS) is 15.8. The molecule has 148 valence electrons. The quantitative estimate of drug-likeness (QED) is 0.475. The molecule has 0 radical (unpaired) electrons. The minimum absolute atomic E-state index is 0.655. The summed E-state index contributed by atoms with van der Waals surface area (Å²) in [4.78, 5) is 10.6. The van der Waals surface area contributed by atoms with Gasteiger partial charge in [-0.25, -0.2) is 17.9 Å². The van der Waals surface area contributed by atoms with Gasteiger partial charge in [0.25, 0.3) is 10.0 Å². The van der Waals surface area contributed by atoms with E-state index in [1.54, 1.807) is 0 Å². The number of hydrogen-bond donors (Lipinski definition) is 2. The van der Waals surface area contributed by atoms with Crippen LogP contribution in [0.2, 0.25) is 0 Å². The van der Waals surface area contributed by atoms with Crippen molar-refractivity contribution in [2.45, 2.75) is 42.7 Å². The van der Waals surface area contributed by atoms with Crippen LogP contribution in [0, 0.1) is 0 Å². The van der Waals surface area contributed by atoms with E-state index >= 15 is 0 Å². The first kappa shape index (κ1) is 23.5. The summed E-state index contributed by atoms with van der Waals surface area (Å²) in [6, 6.07) is -2.16. The Labute approximate surface area is 134 Å². The van der Waals surface area contributed by atoms with E-state index < -0.39 is 57.3 Å². The molecule has 0 aromatic heterocycles. The van der Waals surface area contributed by atoms with Gasteiger partial charge in [-0.3, -0.25) is 0 Å². The number of nitrogens with one attached hydrogen (secondary N) is 1. The van der Waals surface area contributed by atoms with Gasteiger partial charge < -0.3 is 5.11 Å². The Kier molecular flexibility index (Phi) is 6.26. The molecule has 0 saturated carbocycles. The molecule has 15 heteroatoms. The lowest BCUT2D eigenvalue weighted by Gasteiger charge is -2.33. The Morgan fingerprint density at radius 1 is 1.04 bits per heavy atom. The second-order valence-corrected chi connectivity index (χ2v) is 6.33. The van der Waals surface area contributed by atoms with Crippen molar-refractivity contribution >= 4 is 16.0 Å². The SMILES string of the molecule is C=C(C(=O)O)C(CC)NS(=O)(=O)C(F)(F)C(F)(F)C(F)(F)C(F)(F)F. The van der Waals surface area contributed by atoms with Crippen LogP contribution in [0.25, 0.3) is 0 Å². The Morgan fingerprint density at radius 2 is 1.44 bits per heavy atom. The Morgan fingerprint density at radius 3 is 1.72 bits per heavy atom. The van der Waals surface area contributed by atoms with Gasteiger partial charge in [0.1, 0.15) is 0 Å². The predicted molar refractivity (Wildman–Crippen MR) is 63.8 cm³/mol. The third-order valence-electron chi connectivity index (χ3n) is 2.85. The second kappa shape index (κ2) is 6.66. The van der Waals surface area contributed by atoms with Crippen molar-refractivity contribution in [1.29, 1.82) is 0 Å². The van der Waals surface area contributed by atoms with Crippen LogP contribution in [0.1, 0.15) is 13.3 Å². The van der Waals surface area contributed by atoms with Crippen LogP contribution in [-0.4, -0.2) is 48.8 Å². The van der Waals surface area contributed by atoms with Crippen molar-refractivity contribution in [3.63, 3.8) is 0 Å². The van der Waals surface area contributed by atoms with Gasteiger partial charge in [-0.05, 0) is 6.42 Å². The lowest BCUT2D eigenvalue weighted by molar-refractivity contribution is -0.382. The fourth-order valence-corrected chi connectivity index (χ4v) is 2.64. The number of alkyl halides is 9. The fraction of sp³-hybridized carbons (Fsp3) is 0.700. The maximum absolute atomic E-state index is 13.4. The first-order chi connectivity index (χ1) is 10.8. The smallest absolute Gasteiger partial charge is 0.460 e. The van der Waals surface area contributed by atoms with E-state index in [0.717, 1.165) is 6.92 Å². The molecule has 0 saturated heterocycles. The number of hydrogen-bond acceptors (Lipinski definition) is 3. The number of carbonyl (C=O) groups is 1. The number of carboxylic acid groups (broad SMARTS) is 1. The summed E-state index contributed by atoms with van der Waals surface area (Å²) in [6.45, 7) is 3.73. The van der Waals surface area contributed by atoms with Crippen LogP contribution in [0.3, 0.4) is 0 Å². The number of carboxylic acids is 1. The zero-order valence-electron chi connectivity index (χ0n) is 12.0. The molecule has 0 rings (SSSR count). The lowest BCUT2D eigenvalue weighted by atomic mass is 10.1. The topological polar surface area (TPSA) is 83.5 Å². The van der Waals surface area contributed by atoms with Crippen LogP contribution in [0.15, 0.2) is 12.2 Å². The largest absolute Gasteiger partial charge is 0.478 e. The highest BCUT2D eigenvalue weighted by Crippen LogP contribution is 2.54. The van der Waals surface area contributed by atoms with E-state index in [1.165, 1.54) is 0 Å². The van der Waals surface area contributed by atoms with Crippen LogP contribution in [0.4, 0.5) is 39.5 Å². The first-order valence-electron chi connectivity index (χ1n) is 5.92. The Balaban J connectivity index is 6.06. The van der Waals surface area contributed by atoms with Crippen molar-refractivity contribution in [3.05, 3.63) is 12.2 Å². The summed E-state index contributed by atoms with van der Waals surface area (Å²) in [5, 5.41) is 1.60. The predicted octanol–water partition coefficient (Wildman–Crippen LogP) is 2.75. The molecule has 0 aromatic rings. The van der Waals surface area contributed by atoms with E-state index in [2.05, 4.69) is 6.58 Å². The molecule has 0 aromatic carbocycles. The van der Waals surface area contributed by atoms with Crippen molar-refractivity contribution in [2.75, 3.05) is 0 Å². The molecule has 2 N–H and O–H groups in total. The van der Waals surface area contributed by atoms with Crippen LogP contribution >= 0.6 is 0 Å². The molecule has 1 unspecified atom stereocenters.